The topological polar surface area (TPSA) is 115 Å². The molecule has 25 heavy (non-hydrogen) atoms. The zero-order valence-corrected chi connectivity index (χ0v) is 14.7. The van der Waals surface area contributed by atoms with Gasteiger partial charge in [-0.25, -0.2) is 5.10 Å². The summed E-state index contributed by atoms with van der Waals surface area (Å²) >= 11 is 0. The fourth-order valence-electron chi connectivity index (χ4n) is 2.62. The van der Waals surface area contributed by atoms with Crippen LogP contribution in [0.5, 0.6) is 0 Å². The minimum Gasteiger partial charge on any atom is -0.344 e. The van der Waals surface area contributed by atoms with Crippen LogP contribution in [0.25, 0.3) is 0 Å². The predicted octanol–water partition coefficient (Wildman–Crippen LogP) is -0.916. The van der Waals surface area contributed by atoms with Crippen LogP contribution in [0.2, 0.25) is 0 Å². The van der Waals surface area contributed by atoms with Crippen molar-refractivity contribution in [2.45, 2.75) is 33.2 Å². The average molecular weight is 349 g/mol. The van der Waals surface area contributed by atoms with Crippen LogP contribution >= 0.6 is 0 Å². The van der Waals surface area contributed by atoms with E-state index in [1.54, 1.807) is 18.7 Å². The number of carbonyl (C=O) groups excluding carboxylic acids is 3. The maximum atomic E-state index is 12.1. The molecule has 2 heterocycles. The summed E-state index contributed by atoms with van der Waals surface area (Å²) in [6, 6.07) is 0. The van der Waals surface area contributed by atoms with Gasteiger partial charge in [-0.15, -0.1) is 0 Å². The second-order valence-electron chi connectivity index (χ2n) is 6.14. The molecule has 136 valence electrons. The Bertz CT molecular complexity index is 743. The molecule has 0 radical (unpaired) electrons. The number of likely N-dealkylation sites (tertiary alicyclic amines) is 1. The smallest absolute Gasteiger partial charge is 0.311 e. The molecule has 1 fully saturated rings. The maximum Gasteiger partial charge on any atom is 0.311 e. The van der Waals surface area contributed by atoms with E-state index < -0.39 is 17.4 Å². The van der Waals surface area contributed by atoms with Gasteiger partial charge in [0.2, 0.25) is 5.91 Å². The summed E-state index contributed by atoms with van der Waals surface area (Å²) in [7, 11) is 1.51. The predicted molar refractivity (Wildman–Crippen MR) is 89.6 cm³/mol. The number of hydrogen-bond donors (Lipinski definition) is 2. The van der Waals surface area contributed by atoms with Crippen molar-refractivity contribution in [2.75, 3.05) is 26.7 Å². The quantitative estimate of drug-likeness (QED) is 0.667. The Labute approximate surface area is 145 Å². The SMILES string of the molecule is Cc1n[nH]c(=O)c(CNC(=O)C(=O)N(C)CCN2CCCC2=O)c1C. The number of amides is 3. The fourth-order valence-corrected chi connectivity index (χ4v) is 2.62. The van der Waals surface area contributed by atoms with Crippen molar-refractivity contribution < 1.29 is 14.4 Å². The van der Waals surface area contributed by atoms with Gasteiger partial charge in [-0.3, -0.25) is 19.2 Å². The molecule has 1 aromatic heterocycles. The molecule has 1 aromatic rings. The molecule has 2 rings (SSSR count). The van der Waals surface area contributed by atoms with E-state index in [1.807, 2.05) is 0 Å². The van der Waals surface area contributed by atoms with Gasteiger partial charge in [0.15, 0.2) is 0 Å². The van der Waals surface area contributed by atoms with Gasteiger partial charge < -0.3 is 15.1 Å². The van der Waals surface area contributed by atoms with Gasteiger partial charge in [0.05, 0.1) is 5.69 Å². The summed E-state index contributed by atoms with van der Waals surface area (Å²) in [5.41, 5.74) is 1.32. The Kier molecular flexibility index (Phi) is 5.89. The van der Waals surface area contributed by atoms with E-state index in [2.05, 4.69) is 15.5 Å². The van der Waals surface area contributed by atoms with Crippen LogP contribution < -0.4 is 10.9 Å². The Morgan fingerprint density at radius 2 is 2.04 bits per heavy atom. The monoisotopic (exact) mass is 349 g/mol. The van der Waals surface area contributed by atoms with Crippen molar-refractivity contribution in [3.8, 4) is 0 Å². The van der Waals surface area contributed by atoms with Crippen LogP contribution in [0, 0.1) is 13.8 Å². The van der Waals surface area contributed by atoms with E-state index in [0.717, 1.165) is 6.42 Å². The first-order valence-electron chi connectivity index (χ1n) is 8.17. The number of H-pyrrole nitrogens is 1. The van der Waals surface area contributed by atoms with Gasteiger partial charge in [-0.1, -0.05) is 0 Å². The molecule has 0 aliphatic carbocycles. The second kappa shape index (κ2) is 7.91. The number of likely N-dealkylation sites (N-methyl/N-ethyl adjacent to an activating group) is 1. The second-order valence-corrected chi connectivity index (χ2v) is 6.14. The van der Waals surface area contributed by atoms with Crippen molar-refractivity contribution in [1.82, 2.24) is 25.3 Å². The van der Waals surface area contributed by atoms with Gasteiger partial charge in [0, 0.05) is 45.2 Å². The molecular weight excluding hydrogens is 326 g/mol. The molecule has 0 bridgehead atoms. The number of nitrogens with zero attached hydrogens (tertiary/aromatic N) is 3. The molecule has 3 amide bonds. The van der Waals surface area contributed by atoms with Gasteiger partial charge in [-0.05, 0) is 25.8 Å². The lowest BCUT2D eigenvalue weighted by Crippen LogP contribution is -2.44. The molecule has 0 unspecified atom stereocenters. The molecule has 0 atom stereocenters. The minimum atomic E-state index is -0.788. The number of aromatic amines is 1. The summed E-state index contributed by atoms with van der Waals surface area (Å²) in [6.45, 7) is 4.82. The first kappa shape index (κ1) is 18.6. The van der Waals surface area contributed by atoms with Crippen LogP contribution in [0.3, 0.4) is 0 Å². The highest BCUT2D eigenvalue weighted by Gasteiger charge is 2.23. The molecule has 0 spiro atoms. The van der Waals surface area contributed by atoms with Gasteiger partial charge in [0.25, 0.3) is 5.56 Å². The number of aromatic nitrogens is 2. The van der Waals surface area contributed by atoms with Crippen LogP contribution in [0.4, 0.5) is 0 Å². The summed E-state index contributed by atoms with van der Waals surface area (Å²) in [5, 5.41) is 8.66. The summed E-state index contributed by atoms with van der Waals surface area (Å²) in [6.07, 6.45) is 1.37. The molecule has 9 heteroatoms. The Hall–Kier alpha value is -2.71. The fraction of sp³-hybridized carbons (Fsp3) is 0.562. The third-order valence-corrected chi connectivity index (χ3v) is 4.44. The van der Waals surface area contributed by atoms with Crippen LogP contribution in [-0.4, -0.2) is 64.4 Å². The lowest BCUT2D eigenvalue weighted by molar-refractivity contribution is -0.145. The number of nitrogens with one attached hydrogen (secondary N) is 2. The van der Waals surface area contributed by atoms with Crippen LogP contribution in [0.1, 0.15) is 29.7 Å². The molecule has 1 aliphatic heterocycles. The Balaban J connectivity index is 1.87. The summed E-state index contributed by atoms with van der Waals surface area (Å²) < 4.78 is 0. The lowest BCUT2D eigenvalue weighted by Gasteiger charge is -2.21. The van der Waals surface area contributed by atoms with Gasteiger partial charge in [0.1, 0.15) is 0 Å². The maximum absolute atomic E-state index is 12.1. The third kappa shape index (κ3) is 4.43. The van der Waals surface area contributed by atoms with Crippen molar-refractivity contribution in [2.24, 2.45) is 0 Å². The zero-order chi connectivity index (χ0) is 18.6. The Morgan fingerprint density at radius 3 is 2.68 bits per heavy atom. The number of hydrogen-bond acceptors (Lipinski definition) is 5. The van der Waals surface area contributed by atoms with E-state index in [4.69, 9.17) is 0 Å². The standard InChI is InChI=1S/C16H23N5O4/c1-10-11(2)18-19-14(23)12(10)9-17-15(24)16(25)20(3)7-8-21-6-4-5-13(21)22/h4-9H2,1-3H3,(H,17,24)(H,19,23). The number of rotatable bonds is 5. The lowest BCUT2D eigenvalue weighted by atomic mass is 10.1. The van der Waals surface area contributed by atoms with Crippen molar-refractivity contribution in [3.05, 3.63) is 27.2 Å². The van der Waals surface area contributed by atoms with Crippen molar-refractivity contribution >= 4 is 17.7 Å². The number of carbonyl (C=O) groups is 3. The van der Waals surface area contributed by atoms with E-state index in [1.165, 1.54) is 11.9 Å². The Morgan fingerprint density at radius 1 is 1.32 bits per heavy atom. The van der Waals surface area contributed by atoms with E-state index in [-0.39, 0.29) is 19.0 Å². The highest BCUT2D eigenvalue weighted by molar-refractivity contribution is 6.34. The van der Waals surface area contributed by atoms with E-state index in [0.29, 0.717) is 36.3 Å². The van der Waals surface area contributed by atoms with E-state index in [9.17, 15) is 19.2 Å². The molecule has 2 N–H and O–H groups in total. The largest absolute Gasteiger partial charge is 0.344 e. The van der Waals surface area contributed by atoms with E-state index >= 15 is 0 Å². The third-order valence-electron chi connectivity index (χ3n) is 4.44. The highest BCUT2D eigenvalue weighted by Crippen LogP contribution is 2.09. The molecule has 1 aliphatic rings. The highest BCUT2D eigenvalue weighted by atomic mass is 16.2. The summed E-state index contributed by atoms with van der Waals surface area (Å²) in [4.78, 5) is 50.4. The first-order chi connectivity index (χ1) is 11.8. The molecule has 0 aromatic carbocycles. The van der Waals surface area contributed by atoms with Gasteiger partial charge >= 0.3 is 11.8 Å². The number of aryl methyl sites for hydroxylation is 1. The molecule has 9 nitrogen and oxygen atoms in total. The van der Waals surface area contributed by atoms with Crippen molar-refractivity contribution in [1.29, 1.82) is 0 Å². The first-order valence-corrected chi connectivity index (χ1v) is 8.17. The zero-order valence-electron chi connectivity index (χ0n) is 14.7. The molecule has 1 saturated heterocycles. The van der Waals surface area contributed by atoms with Crippen LogP contribution in [0.15, 0.2) is 4.79 Å². The molecule has 0 saturated carbocycles. The van der Waals surface area contributed by atoms with Crippen molar-refractivity contribution in [3.63, 3.8) is 0 Å². The summed E-state index contributed by atoms with van der Waals surface area (Å²) in [5.74, 6) is -1.41. The minimum absolute atomic E-state index is 0.0481. The van der Waals surface area contributed by atoms with Gasteiger partial charge in [-0.2, -0.15) is 5.10 Å². The average Bonchev–Trinajstić information content (AvgIpc) is 3.00. The normalized spacial score (nSPS) is 13.9. The molecular formula is C16H23N5O4. The van der Waals surface area contributed by atoms with Crippen LogP contribution in [-0.2, 0) is 20.9 Å².